The lowest BCUT2D eigenvalue weighted by molar-refractivity contribution is -0.384. The Kier molecular flexibility index (Phi) is 8.03. The summed E-state index contributed by atoms with van der Waals surface area (Å²) >= 11 is 7.30. The third-order valence-corrected chi connectivity index (χ3v) is 7.36. The van der Waals surface area contributed by atoms with Crippen LogP contribution in [0.3, 0.4) is 0 Å². The molecule has 2 aromatic rings. The van der Waals surface area contributed by atoms with Crippen LogP contribution in [0, 0.1) is 10.1 Å². The zero-order valence-corrected chi connectivity index (χ0v) is 18.2. The van der Waals surface area contributed by atoms with Gasteiger partial charge in [-0.05, 0) is 30.3 Å². The monoisotopic (exact) mass is 457 g/mol. The summed E-state index contributed by atoms with van der Waals surface area (Å²) in [5, 5.41) is 13.5. The van der Waals surface area contributed by atoms with Crippen LogP contribution in [0.4, 0.5) is 11.4 Å². The maximum Gasteiger partial charge on any atom is 0.269 e. The van der Waals surface area contributed by atoms with Crippen molar-refractivity contribution in [2.75, 3.05) is 24.2 Å². The van der Waals surface area contributed by atoms with E-state index in [0.29, 0.717) is 18.0 Å². The molecular weight excluding hydrogens is 438 g/mol. The van der Waals surface area contributed by atoms with Crippen molar-refractivity contribution >= 4 is 50.7 Å². The number of nitrogens with one attached hydrogen (secondary N) is 1. The van der Waals surface area contributed by atoms with Crippen molar-refractivity contribution in [1.29, 1.82) is 0 Å². The predicted molar refractivity (Wildman–Crippen MR) is 114 cm³/mol. The summed E-state index contributed by atoms with van der Waals surface area (Å²) in [7, 11) is -3.68. The third-order valence-electron chi connectivity index (χ3n) is 3.97. The van der Waals surface area contributed by atoms with Crippen LogP contribution in [0.15, 0.2) is 52.3 Å². The number of carbonyl (C=O) groups is 1. The van der Waals surface area contributed by atoms with E-state index in [1.807, 2.05) is 0 Å². The van der Waals surface area contributed by atoms with Gasteiger partial charge in [0.05, 0.1) is 26.3 Å². The number of carbonyl (C=O) groups excluding carboxylic acids is 1. The molecule has 2 aromatic carbocycles. The number of amides is 1. The Labute approximate surface area is 178 Å². The molecule has 0 aromatic heterocycles. The van der Waals surface area contributed by atoms with Gasteiger partial charge in [-0.2, -0.15) is 4.31 Å². The smallest absolute Gasteiger partial charge is 0.269 e. The zero-order valence-electron chi connectivity index (χ0n) is 15.8. The Hall–Kier alpha value is -2.14. The second kappa shape index (κ2) is 10.1. The molecule has 0 fully saturated rings. The van der Waals surface area contributed by atoms with Gasteiger partial charge in [-0.1, -0.05) is 25.4 Å². The Bertz CT molecular complexity index is 993. The lowest BCUT2D eigenvalue weighted by Crippen LogP contribution is -2.30. The van der Waals surface area contributed by atoms with Crippen LogP contribution >= 0.6 is 23.4 Å². The highest BCUT2D eigenvalue weighted by molar-refractivity contribution is 8.00. The van der Waals surface area contributed by atoms with Gasteiger partial charge < -0.3 is 5.32 Å². The summed E-state index contributed by atoms with van der Waals surface area (Å²) in [6.07, 6.45) is 0. The van der Waals surface area contributed by atoms with E-state index in [-0.39, 0.29) is 33.0 Å². The zero-order chi connectivity index (χ0) is 21.6. The molecule has 0 saturated carbocycles. The molecule has 11 heteroatoms. The molecule has 0 radical (unpaired) electrons. The molecule has 0 aliphatic heterocycles. The number of nitro groups is 1. The lowest BCUT2D eigenvalue weighted by atomic mass is 10.3. The fraction of sp³-hybridized carbons (Fsp3) is 0.278. The van der Waals surface area contributed by atoms with Gasteiger partial charge in [0.2, 0.25) is 15.9 Å². The first-order valence-electron chi connectivity index (χ1n) is 8.65. The van der Waals surface area contributed by atoms with Crippen LogP contribution in [0.25, 0.3) is 0 Å². The largest absolute Gasteiger partial charge is 0.324 e. The molecule has 156 valence electrons. The quantitative estimate of drug-likeness (QED) is 0.346. The van der Waals surface area contributed by atoms with Gasteiger partial charge in [-0.25, -0.2) is 8.42 Å². The van der Waals surface area contributed by atoms with Crippen molar-refractivity contribution in [3.05, 3.63) is 57.6 Å². The van der Waals surface area contributed by atoms with Gasteiger partial charge in [0.25, 0.3) is 5.69 Å². The predicted octanol–water partition coefficient (Wildman–Crippen LogP) is 4.01. The highest BCUT2D eigenvalue weighted by atomic mass is 35.5. The summed E-state index contributed by atoms with van der Waals surface area (Å²) in [5.41, 5.74) is 0.172. The topological polar surface area (TPSA) is 110 Å². The number of hydrogen-bond donors (Lipinski definition) is 1. The molecule has 1 amide bonds. The minimum atomic E-state index is -3.68. The van der Waals surface area contributed by atoms with Crippen molar-refractivity contribution < 1.29 is 18.1 Å². The number of nitro benzene ring substituents is 1. The Morgan fingerprint density at radius 1 is 1.17 bits per heavy atom. The van der Waals surface area contributed by atoms with Gasteiger partial charge in [0.1, 0.15) is 0 Å². The number of benzene rings is 2. The van der Waals surface area contributed by atoms with E-state index in [2.05, 4.69) is 5.32 Å². The van der Waals surface area contributed by atoms with E-state index in [4.69, 9.17) is 11.6 Å². The second-order valence-corrected chi connectivity index (χ2v) is 9.21. The van der Waals surface area contributed by atoms with E-state index < -0.39 is 14.9 Å². The van der Waals surface area contributed by atoms with Crippen LogP contribution in [-0.2, 0) is 14.8 Å². The molecule has 29 heavy (non-hydrogen) atoms. The SMILES string of the molecule is CCN(CC)S(=O)(=O)c1ccc(Cl)c(NC(=O)CSc2ccc([N+](=O)[O-])cc2)c1. The van der Waals surface area contributed by atoms with Gasteiger partial charge in [0, 0.05) is 30.1 Å². The summed E-state index contributed by atoms with van der Waals surface area (Å²) < 4.78 is 26.6. The standard InChI is InChI=1S/C18H20ClN3O5S2/c1-3-21(4-2)29(26,27)15-9-10-16(19)17(11-15)20-18(23)12-28-14-7-5-13(6-8-14)22(24)25/h5-11H,3-4,12H2,1-2H3,(H,20,23). The molecule has 0 aliphatic rings. The molecule has 0 atom stereocenters. The molecule has 0 heterocycles. The van der Waals surface area contributed by atoms with Crippen molar-refractivity contribution in [1.82, 2.24) is 4.31 Å². The van der Waals surface area contributed by atoms with Gasteiger partial charge >= 0.3 is 0 Å². The maximum atomic E-state index is 12.6. The molecule has 0 unspecified atom stereocenters. The fourth-order valence-electron chi connectivity index (χ4n) is 2.47. The molecule has 2 rings (SSSR count). The number of anilines is 1. The van der Waals surface area contributed by atoms with E-state index >= 15 is 0 Å². The number of rotatable bonds is 9. The summed E-state index contributed by atoms with van der Waals surface area (Å²) in [6, 6.07) is 10.00. The fourth-order valence-corrected chi connectivity index (χ4v) is 4.82. The minimum Gasteiger partial charge on any atom is -0.324 e. The first-order valence-corrected chi connectivity index (χ1v) is 11.5. The molecule has 0 aliphatic carbocycles. The normalized spacial score (nSPS) is 11.4. The van der Waals surface area contributed by atoms with E-state index in [1.54, 1.807) is 26.0 Å². The van der Waals surface area contributed by atoms with E-state index in [0.717, 1.165) is 0 Å². The maximum absolute atomic E-state index is 12.6. The molecule has 8 nitrogen and oxygen atoms in total. The second-order valence-electron chi connectivity index (χ2n) is 5.82. The van der Waals surface area contributed by atoms with Crippen LogP contribution in [-0.4, -0.2) is 42.4 Å². The highest BCUT2D eigenvalue weighted by Gasteiger charge is 2.22. The van der Waals surface area contributed by atoms with Crippen molar-refractivity contribution in [3.63, 3.8) is 0 Å². The van der Waals surface area contributed by atoms with Crippen LogP contribution in [0.1, 0.15) is 13.8 Å². The van der Waals surface area contributed by atoms with Crippen molar-refractivity contribution in [2.45, 2.75) is 23.6 Å². The number of sulfonamides is 1. The Morgan fingerprint density at radius 2 is 1.79 bits per heavy atom. The number of thioether (sulfide) groups is 1. The average molecular weight is 458 g/mol. The molecule has 0 saturated heterocycles. The number of halogens is 1. The highest BCUT2D eigenvalue weighted by Crippen LogP contribution is 2.28. The molecular formula is C18H20ClN3O5S2. The number of hydrogen-bond acceptors (Lipinski definition) is 6. The van der Waals surface area contributed by atoms with Gasteiger partial charge in [0.15, 0.2) is 0 Å². The Balaban J connectivity index is 2.09. The van der Waals surface area contributed by atoms with E-state index in [1.165, 1.54) is 46.4 Å². The molecule has 1 N–H and O–H groups in total. The van der Waals surface area contributed by atoms with Crippen LogP contribution in [0.2, 0.25) is 5.02 Å². The van der Waals surface area contributed by atoms with Crippen molar-refractivity contribution in [2.24, 2.45) is 0 Å². The lowest BCUT2D eigenvalue weighted by Gasteiger charge is -2.19. The number of non-ortho nitro benzene ring substituents is 1. The molecule has 0 bridgehead atoms. The van der Waals surface area contributed by atoms with Crippen LogP contribution < -0.4 is 5.32 Å². The summed E-state index contributed by atoms with van der Waals surface area (Å²) in [4.78, 5) is 23.2. The molecule has 0 spiro atoms. The Morgan fingerprint density at radius 3 is 2.34 bits per heavy atom. The van der Waals surface area contributed by atoms with Crippen LogP contribution in [0.5, 0.6) is 0 Å². The summed E-state index contributed by atoms with van der Waals surface area (Å²) in [6.45, 7) is 4.15. The van der Waals surface area contributed by atoms with Gasteiger partial charge in [-0.15, -0.1) is 11.8 Å². The first kappa shape index (κ1) is 23.1. The van der Waals surface area contributed by atoms with Crippen molar-refractivity contribution in [3.8, 4) is 0 Å². The van der Waals surface area contributed by atoms with Gasteiger partial charge in [-0.3, -0.25) is 14.9 Å². The first-order chi connectivity index (χ1) is 13.7. The van der Waals surface area contributed by atoms with E-state index in [9.17, 15) is 23.3 Å². The third kappa shape index (κ3) is 5.92. The average Bonchev–Trinajstić information content (AvgIpc) is 2.69. The minimum absolute atomic E-state index is 0.0289. The summed E-state index contributed by atoms with van der Waals surface area (Å²) in [5.74, 6) is -0.353. The number of nitrogens with zero attached hydrogens (tertiary/aromatic N) is 2.